The molecule has 128 valence electrons. The number of hydrogen-bond acceptors (Lipinski definition) is 5. The Labute approximate surface area is 143 Å². The summed E-state index contributed by atoms with van der Waals surface area (Å²) < 4.78 is 10.8. The van der Waals surface area contributed by atoms with Crippen molar-refractivity contribution >= 4 is 29.2 Å². The number of aliphatic imine (C=N–C) groups is 1. The Morgan fingerprint density at radius 1 is 1.44 bits per heavy atom. The minimum Gasteiger partial charge on any atom is -0.462 e. The number of rotatable bonds is 5. The Bertz CT molecular complexity index is 954. The Hall–Kier alpha value is -3.42. The summed E-state index contributed by atoms with van der Waals surface area (Å²) in [6.07, 6.45) is 5.76. The maximum atomic E-state index is 12.0. The number of ether oxygens (including phenoxy) is 2. The highest BCUT2D eigenvalue weighted by atomic mass is 16.5. The molecule has 0 saturated carbocycles. The Kier molecular flexibility index (Phi) is 4.60. The molecule has 3 N–H and O–H groups in total. The molecule has 0 unspecified atom stereocenters. The van der Waals surface area contributed by atoms with Crippen molar-refractivity contribution in [2.24, 2.45) is 4.99 Å². The van der Waals surface area contributed by atoms with Crippen LogP contribution in [-0.4, -0.2) is 39.8 Å². The predicted octanol–water partition coefficient (Wildman–Crippen LogP) is 2.81. The van der Waals surface area contributed by atoms with Crippen molar-refractivity contribution < 1.29 is 14.3 Å². The van der Waals surface area contributed by atoms with Gasteiger partial charge in [-0.25, -0.2) is 14.8 Å². The lowest BCUT2D eigenvalue weighted by molar-refractivity contribution is 0.0526. The van der Waals surface area contributed by atoms with Crippen LogP contribution >= 0.6 is 0 Å². The maximum absolute atomic E-state index is 12.0. The molecule has 0 aliphatic rings. The molecule has 0 atom stereocenters. The van der Waals surface area contributed by atoms with Gasteiger partial charge in [-0.3, -0.25) is 5.41 Å². The van der Waals surface area contributed by atoms with E-state index in [0.717, 1.165) is 17.4 Å². The molecule has 8 heteroatoms. The summed E-state index contributed by atoms with van der Waals surface area (Å²) in [4.78, 5) is 26.1. The number of hydrogen-bond donors (Lipinski definition) is 3. The quantitative estimate of drug-likeness (QED) is 0.376. The minimum absolute atomic E-state index is 0.166. The van der Waals surface area contributed by atoms with E-state index in [-0.39, 0.29) is 5.90 Å². The van der Waals surface area contributed by atoms with E-state index in [9.17, 15) is 4.79 Å². The first-order valence-electron chi connectivity index (χ1n) is 7.67. The van der Waals surface area contributed by atoms with Gasteiger partial charge in [0.1, 0.15) is 23.4 Å². The molecule has 0 fully saturated rings. The lowest BCUT2D eigenvalue weighted by Gasteiger charge is -2.08. The van der Waals surface area contributed by atoms with Gasteiger partial charge < -0.3 is 19.4 Å². The van der Waals surface area contributed by atoms with Crippen LogP contribution in [0, 0.1) is 12.3 Å². The van der Waals surface area contributed by atoms with Gasteiger partial charge in [-0.15, -0.1) is 0 Å². The maximum Gasteiger partial charge on any atom is 0.339 e. The first kappa shape index (κ1) is 16.4. The average molecular weight is 339 g/mol. The summed E-state index contributed by atoms with van der Waals surface area (Å²) >= 11 is 0. The zero-order chi connectivity index (χ0) is 17.8. The Morgan fingerprint density at radius 2 is 2.28 bits per heavy atom. The van der Waals surface area contributed by atoms with Crippen molar-refractivity contribution in [1.29, 1.82) is 5.41 Å². The summed E-state index contributed by atoms with van der Waals surface area (Å²) in [5.41, 5.74) is 2.28. The van der Waals surface area contributed by atoms with E-state index in [0.29, 0.717) is 29.2 Å². The van der Waals surface area contributed by atoms with Gasteiger partial charge in [0, 0.05) is 17.8 Å². The number of carbonyl (C=O) groups excluding carboxylic acids is 1. The van der Waals surface area contributed by atoms with Gasteiger partial charge in [-0.2, -0.15) is 0 Å². The number of nitrogens with one attached hydrogen (secondary N) is 3. The van der Waals surface area contributed by atoms with Gasteiger partial charge in [0.25, 0.3) is 0 Å². The van der Waals surface area contributed by atoms with Crippen LogP contribution in [0.3, 0.4) is 0 Å². The molecule has 25 heavy (non-hydrogen) atoms. The molecule has 3 aromatic heterocycles. The molecule has 0 amide bonds. The van der Waals surface area contributed by atoms with Crippen LogP contribution in [0.4, 0.5) is 0 Å². The number of H-pyrrole nitrogens is 2. The van der Waals surface area contributed by atoms with Crippen LogP contribution in [0.15, 0.2) is 35.7 Å². The molecular weight excluding hydrogens is 322 g/mol. The van der Waals surface area contributed by atoms with Crippen molar-refractivity contribution in [2.45, 2.75) is 13.8 Å². The molecule has 3 aromatic rings. The van der Waals surface area contributed by atoms with Crippen molar-refractivity contribution in [2.75, 3.05) is 6.61 Å². The second-order valence-electron chi connectivity index (χ2n) is 5.17. The van der Waals surface area contributed by atoms with Gasteiger partial charge in [0.2, 0.25) is 5.90 Å². The summed E-state index contributed by atoms with van der Waals surface area (Å²) in [6, 6.07) is 3.68. The minimum atomic E-state index is -0.424. The Balaban J connectivity index is 1.92. The number of esters is 1. The first-order valence-corrected chi connectivity index (χ1v) is 7.67. The SMILES string of the molecule is CCOC(=O)c1c[nH]c(C(=NC=N)Oc2cnc3[nH]ccc3c2)c1C. The molecule has 0 aliphatic carbocycles. The summed E-state index contributed by atoms with van der Waals surface area (Å²) in [6.45, 7) is 3.80. The third-order valence-corrected chi connectivity index (χ3v) is 3.62. The van der Waals surface area contributed by atoms with Gasteiger partial charge in [-0.05, 0) is 31.5 Å². The van der Waals surface area contributed by atoms with Crippen LogP contribution in [0.25, 0.3) is 11.0 Å². The molecule has 3 rings (SSSR count). The number of pyridine rings is 1. The average Bonchev–Trinajstić information content (AvgIpc) is 3.20. The smallest absolute Gasteiger partial charge is 0.339 e. The Morgan fingerprint density at radius 3 is 3.04 bits per heavy atom. The molecule has 0 aliphatic heterocycles. The third kappa shape index (κ3) is 3.27. The monoisotopic (exact) mass is 339 g/mol. The van der Waals surface area contributed by atoms with Crippen LogP contribution in [0.5, 0.6) is 5.75 Å². The molecule has 0 spiro atoms. The highest BCUT2D eigenvalue weighted by molar-refractivity contribution is 6.02. The molecule has 3 heterocycles. The van der Waals surface area contributed by atoms with Crippen molar-refractivity contribution in [3.8, 4) is 5.75 Å². The van der Waals surface area contributed by atoms with E-state index >= 15 is 0 Å². The second kappa shape index (κ2) is 7.00. The molecule has 0 radical (unpaired) electrons. The van der Waals surface area contributed by atoms with Gasteiger partial charge in [0.05, 0.1) is 18.4 Å². The van der Waals surface area contributed by atoms with E-state index in [2.05, 4.69) is 19.9 Å². The second-order valence-corrected chi connectivity index (χ2v) is 5.17. The number of nitrogens with zero attached hydrogens (tertiary/aromatic N) is 2. The van der Waals surface area contributed by atoms with E-state index in [4.69, 9.17) is 14.9 Å². The van der Waals surface area contributed by atoms with E-state index in [1.165, 1.54) is 0 Å². The van der Waals surface area contributed by atoms with Crippen LogP contribution in [-0.2, 0) is 4.74 Å². The van der Waals surface area contributed by atoms with Gasteiger partial charge >= 0.3 is 5.97 Å². The standard InChI is InChI=1S/C17H17N5O3/c1-3-24-17(23)13-8-20-14(10(13)2)16(22-9-18)25-12-6-11-4-5-19-15(11)21-7-12/h4-9,18,20H,3H2,1-2H3,(H,19,21). The van der Waals surface area contributed by atoms with Crippen LogP contribution in [0.2, 0.25) is 0 Å². The molecular formula is C17H17N5O3. The van der Waals surface area contributed by atoms with Crippen molar-refractivity contribution in [3.63, 3.8) is 0 Å². The van der Waals surface area contributed by atoms with Gasteiger partial charge in [0.15, 0.2) is 0 Å². The zero-order valence-electron chi connectivity index (χ0n) is 13.8. The molecule has 0 aromatic carbocycles. The highest BCUT2D eigenvalue weighted by Gasteiger charge is 2.20. The molecule has 0 saturated heterocycles. The summed E-state index contributed by atoms with van der Waals surface area (Å²) in [7, 11) is 0. The summed E-state index contributed by atoms with van der Waals surface area (Å²) in [5, 5.41) is 8.15. The number of aromatic amines is 2. The van der Waals surface area contributed by atoms with Crippen molar-refractivity contribution in [1.82, 2.24) is 15.0 Å². The predicted molar refractivity (Wildman–Crippen MR) is 93.5 cm³/mol. The van der Waals surface area contributed by atoms with E-state index in [1.807, 2.05) is 12.1 Å². The van der Waals surface area contributed by atoms with Crippen LogP contribution in [0.1, 0.15) is 28.5 Å². The lowest BCUT2D eigenvalue weighted by Crippen LogP contribution is -2.13. The number of aromatic nitrogens is 3. The zero-order valence-corrected chi connectivity index (χ0v) is 13.8. The van der Waals surface area contributed by atoms with E-state index < -0.39 is 5.97 Å². The van der Waals surface area contributed by atoms with Crippen molar-refractivity contribution in [3.05, 3.63) is 47.5 Å². The highest BCUT2D eigenvalue weighted by Crippen LogP contribution is 2.20. The first-order chi connectivity index (χ1) is 12.1. The lowest BCUT2D eigenvalue weighted by atomic mass is 10.1. The molecule has 0 bridgehead atoms. The fraction of sp³-hybridized carbons (Fsp3) is 0.176. The fourth-order valence-electron chi connectivity index (χ4n) is 2.43. The van der Waals surface area contributed by atoms with Gasteiger partial charge in [-0.1, -0.05) is 0 Å². The molecule has 8 nitrogen and oxygen atoms in total. The largest absolute Gasteiger partial charge is 0.462 e. The fourth-order valence-corrected chi connectivity index (χ4v) is 2.43. The number of carbonyl (C=O) groups is 1. The van der Waals surface area contributed by atoms with Crippen LogP contribution < -0.4 is 4.74 Å². The summed E-state index contributed by atoms with van der Waals surface area (Å²) in [5.74, 6) is 0.214. The number of fused-ring (bicyclic) bond motifs is 1. The van der Waals surface area contributed by atoms with E-state index in [1.54, 1.807) is 32.4 Å². The third-order valence-electron chi connectivity index (χ3n) is 3.62. The topological polar surface area (TPSA) is 116 Å². The normalized spacial score (nSPS) is 11.5.